The lowest BCUT2D eigenvalue weighted by atomic mass is 9.66. The van der Waals surface area contributed by atoms with Crippen molar-refractivity contribution in [3.05, 3.63) is 23.8 Å². The molecule has 0 saturated carbocycles. The van der Waals surface area contributed by atoms with Crippen molar-refractivity contribution in [1.82, 2.24) is 5.32 Å². The number of halogens is 2. The van der Waals surface area contributed by atoms with E-state index in [0.29, 0.717) is 0 Å². The molecule has 96 valence electrons. The molecule has 1 unspecified atom stereocenters. The molecule has 1 heterocycles. The van der Waals surface area contributed by atoms with Gasteiger partial charge in [0, 0.05) is 24.0 Å². The van der Waals surface area contributed by atoms with E-state index in [0.717, 1.165) is 25.5 Å². The van der Waals surface area contributed by atoms with Crippen LogP contribution >= 0.6 is 0 Å². The van der Waals surface area contributed by atoms with E-state index in [1.165, 1.54) is 6.08 Å². The first-order chi connectivity index (χ1) is 7.85. The van der Waals surface area contributed by atoms with E-state index in [-0.39, 0.29) is 12.5 Å². The topological polar surface area (TPSA) is 32.3 Å². The molecule has 1 aliphatic heterocycles. The lowest BCUT2D eigenvalue weighted by Crippen LogP contribution is -2.56. The highest BCUT2D eigenvalue weighted by Crippen LogP contribution is 2.46. The first-order valence-electron chi connectivity index (χ1n) is 6.05. The van der Waals surface area contributed by atoms with Crippen molar-refractivity contribution in [2.24, 2.45) is 5.41 Å². The molecule has 0 amide bonds. The summed E-state index contributed by atoms with van der Waals surface area (Å²) < 4.78 is 26.8. The van der Waals surface area contributed by atoms with Gasteiger partial charge in [-0.25, -0.2) is 8.78 Å². The van der Waals surface area contributed by atoms with E-state index >= 15 is 0 Å². The number of aliphatic hydroxyl groups is 1. The monoisotopic (exact) mass is 243 g/mol. The smallest absolute Gasteiger partial charge is 0.122 e. The number of nitrogens with one attached hydrogen (secondary N) is 1. The van der Waals surface area contributed by atoms with E-state index in [4.69, 9.17) is 0 Å². The van der Waals surface area contributed by atoms with Gasteiger partial charge in [-0.05, 0) is 32.4 Å². The molecule has 2 rings (SSSR count). The second-order valence-corrected chi connectivity index (χ2v) is 5.51. The van der Waals surface area contributed by atoms with Crippen molar-refractivity contribution >= 4 is 0 Å². The van der Waals surface area contributed by atoms with E-state index in [1.54, 1.807) is 13.8 Å². The van der Waals surface area contributed by atoms with E-state index in [1.807, 2.05) is 0 Å². The summed E-state index contributed by atoms with van der Waals surface area (Å²) in [6.45, 7) is 4.22. The van der Waals surface area contributed by atoms with Gasteiger partial charge in [0.15, 0.2) is 0 Å². The van der Waals surface area contributed by atoms with Crippen LogP contribution in [-0.4, -0.2) is 23.3 Å². The Balaban J connectivity index is 2.28. The molecule has 17 heavy (non-hydrogen) atoms. The lowest BCUT2D eigenvalue weighted by Gasteiger charge is -2.45. The first-order valence-corrected chi connectivity index (χ1v) is 6.05. The Morgan fingerprint density at radius 1 is 1.53 bits per heavy atom. The highest BCUT2D eigenvalue weighted by atomic mass is 19.1. The highest BCUT2D eigenvalue weighted by Gasteiger charge is 2.49. The molecular formula is C13H19F2NO. The summed E-state index contributed by atoms with van der Waals surface area (Å²) in [5, 5.41) is 13.9. The van der Waals surface area contributed by atoms with Crippen LogP contribution in [0.1, 0.15) is 33.1 Å². The molecule has 0 aromatic carbocycles. The highest BCUT2D eigenvalue weighted by molar-refractivity contribution is 5.28. The second kappa shape index (κ2) is 4.18. The van der Waals surface area contributed by atoms with Gasteiger partial charge >= 0.3 is 0 Å². The third kappa shape index (κ3) is 2.16. The zero-order valence-corrected chi connectivity index (χ0v) is 10.3. The Morgan fingerprint density at radius 2 is 2.24 bits per heavy atom. The second-order valence-electron chi connectivity index (χ2n) is 5.51. The van der Waals surface area contributed by atoms with Crippen molar-refractivity contribution in [1.29, 1.82) is 0 Å². The van der Waals surface area contributed by atoms with Crippen molar-refractivity contribution < 1.29 is 13.9 Å². The van der Waals surface area contributed by atoms with Crippen LogP contribution in [0, 0.1) is 5.41 Å². The molecule has 2 N–H and O–H groups in total. The predicted octanol–water partition coefficient (Wildman–Crippen LogP) is 2.61. The molecule has 0 bridgehead atoms. The van der Waals surface area contributed by atoms with Gasteiger partial charge in [-0.3, -0.25) is 0 Å². The average molecular weight is 243 g/mol. The van der Waals surface area contributed by atoms with Gasteiger partial charge in [-0.2, -0.15) is 0 Å². The SMILES string of the molecule is CC1([C@@](C)(O)[C@@H]2CCCN2)C=C(F)C=C(F)C1. The minimum atomic E-state index is -1.16. The zero-order chi connectivity index (χ0) is 12.7. The van der Waals surface area contributed by atoms with Crippen molar-refractivity contribution in [3.63, 3.8) is 0 Å². The minimum Gasteiger partial charge on any atom is -0.388 e. The van der Waals surface area contributed by atoms with Crippen molar-refractivity contribution in [3.8, 4) is 0 Å². The average Bonchev–Trinajstić information content (AvgIpc) is 2.67. The molecule has 1 fully saturated rings. The predicted molar refractivity (Wildman–Crippen MR) is 62.8 cm³/mol. The summed E-state index contributed by atoms with van der Waals surface area (Å²) >= 11 is 0. The van der Waals surface area contributed by atoms with Crippen LogP contribution in [0.5, 0.6) is 0 Å². The summed E-state index contributed by atoms with van der Waals surface area (Å²) in [6.07, 6.45) is 4.10. The minimum absolute atomic E-state index is 0.0472. The molecule has 3 atom stereocenters. The van der Waals surface area contributed by atoms with Crippen LogP contribution in [0.4, 0.5) is 8.78 Å². The lowest BCUT2D eigenvalue weighted by molar-refractivity contribution is -0.0640. The molecule has 1 saturated heterocycles. The molecule has 2 aliphatic rings. The summed E-state index contributed by atoms with van der Waals surface area (Å²) in [6, 6.07) is -0.109. The molecule has 2 nitrogen and oxygen atoms in total. The summed E-state index contributed by atoms with van der Waals surface area (Å²) in [4.78, 5) is 0. The Hall–Kier alpha value is -0.740. The number of hydrogen-bond acceptors (Lipinski definition) is 2. The van der Waals surface area contributed by atoms with Crippen LogP contribution in [0.3, 0.4) is 0 Å². The maximum Gasteiger partial charge on any atom is 0.122 e. The molecule has 0 radical (unpaired) electrons. The molecule has 0 aromatic rings. The maximum atomic E-state index is 13.4. The Kier molecular flexibility index (Phi) is 3.12. The van der Waals surface area contributed by atoms with Gasteiger partial charge in [0.2, 0.25) is 0 Å². The molecule has 0 spiro atoms. The van der Waals surface area contributed by atoms with Crippen LogP contribution < -0.4 is 5.32 Å². The molecule has 0 aromatic heterocycles. The largest absolute Gasteiger partial charge is 0.388 e. The van der Waals surface area contributed by atoms with Crippen LogP contribution in [0.15, 0.2) is 23.8 Å². The first kappa shape index (κ1) is 12.7. The molecular weight excluding hydrogens is 224 g/mol. The van der Waals surface area contributed by atoms with E-state index < -0.39 is 22.7 Å². The fraction of sp³-hybridized carbons (Fsp3) is 0.692. The van der Waals surface area contributed by atoms with Crippen LogP contribution in [-0.2, 0) is 0 Å². The summed E-state index contributed by atoms with van der Waals surface area (Å²) in [7, 11) is 0. The standard InChI is InChI=1S/C13H19F2NO/c1-12(7-9(14)6-10(15)8-12)13(2,17)11-4-3-5-16-11/h6-7,11,16-17H,3-5,8H2,1-2H3/t11-,12?,13-/m0/s1. The fourth-order valence-corrected chi connectivity index (χ4v) is 2.84. The van der Waals surface area contributed by atoms with Gasteiger partial charge < -0.3 is 10.4 Å². The quantitative estimate of drug-likeness (QED) is 0.781. The summed E-state index contributed by atoms with van der Waals surface area (Å²) in [5.41, 5.74) is -2.07. The zero-order valence-electron chi connectivity index (χ0n) is 10.3. The summed E-state index contributed by atoms with van der Waals surface area (Å²) in [5.74, 6) is -1.11. The van der Waals surface area contributed by atoms with Crippen LogP contribution in [0.2, 0.25) is 0 Å². The van der Waals surface area contributed by atoms with Crippen molar-refractivity contribution in [2.75, 3.05) is 6.54 Å². The van der Waals surface area contributed by atoms with E-state index in [2.05, 4.69) is 5.32 Å². The number of hydrogen-bond donors (Lipinski definition) is 2. The van der Waals surface area contributed by atoms with Gasteiger partial charge in [0.1, 0.15) is 11.7 Å². The number of rotatable bonds is 2. The number of allylic oxidation sites excluding steroid dienone is 3. The maximum absolute atomic E-state index is 13.4. The molecule has 4 heteroatoms. The van der Waals surface area contributed by atoms with Crippen LogP contribution in [0.25, 0.3) is 0 Å². The van der Waals surface area contributed by atoms with Crippen molar-refractivity contribution in [2.45, 2.75) is 44.8 Å². The Bertz CT molecular complexity index is 370. The third-order valence-electron chi connectivity index (χ3n) is 4.18. The van der Waals surface area contributed by atoms with Gasteiger partial charge in [0.25, 0.3) is 0 Å². The third-order valence-corrected chi connectivity index (χ3v) is 4.18. The van der Waals surface area contributed by atoms with Gasteiger partial charge in [0.05, 0.1) is 5.60 Å². The molecule has 1 aliphatic carbocycles. The normalized spacial score (nSPS) is 37.4. The van der Waals surface area contributed by atoms with Gasteiger partial charge in [-0.1, -0.05) is 6.92 Å². The Labute approximate surface area is 100 Å². The fourth-order valence-electron chi connectivity index (χ4n) is 2.84. The Morgan fingerprint density at radius 3 is 2.76 bits per heavy atom. The van der Waals surface area contributed by atoms with Gasteiger partial charge in [-0.15, -0.1) is 0 Å². The van der Waals surface area contributed by atoms with E-state index in [9.17, 15) is 13.9 Å².